The Labute approximate surface area is 228 Å². The summed E-state index contributed by atoms with van der Waals surface area (Å²) < 4.78 is 21.8. The third kappa shape index (κ3) is 6.19. The third-order valence-corrected chi connectivity index (χ3v) is 6.93. The topological polar surface area (TPSA) is 102 Å². The van der Waals surface area contributed by atoms with Crippen molar-refractivity contribution >= 4 is 16.8 Å². The molecule has 8 heteroatoms. The molecule has 0 aliphatic carbocycles. The van der Waals surface area contributed by atoms with E-state index in [2.05, 4.69) is 10.3 Å². The Morgan fingerprint density at radius 2 is 1.64 bits per heavy atom. The number of amides is 1. The lowest BCUT2D eigenvalue weighted by atomic mass is 9.96. The highest BCUT2D eigenvalue weighted by molar-refractivity contribution is 5.96. The van der Waals surface area contributed by atoms with Crippen LogP contribution in [0.2, 0.25) is 0 Å². The molecule has 39 heavy (non-hydrogen) atoms. The fourth-order valence-electron chi connectivity index (χ4n) is 4.79. The number of aryl methyl sites for hydroxylation is 1. The average Bonchev–Trinajstić information content (AvgIpc) is 3.40. The van der Waals surface area contributed by atoms with Crippen LogP contribution in [0.1, 0.15) is 40.7 Å². The molecule has 1 amide bonds. The Hall–Kier alpha value is -4.01. The number of methoxy groups -OCH3 is 4. The minimum absolute atomic E-state index is 0.329. The van der Waals surface area contributed by atoms with Crippen LogP contribution in [0.3, 0.4) is 0 Å². The summed E-state index contributed by atoms with van der Waals surface area (Å²) in [6, 6.07) is 17.3. The lowest BCUT2D eigenvalue weighted by molar-refractivity contribution is 0.0728. The highest BCUT2D eigenvalue weighted by Gasteiger charge is 2.23. The maximum atomic E-state index is 13.4. The van der Waals surface area contributed by atoms with Gasteiger partial charge in [-0.25, -0.2) is 0 Å². The van der Waals surface area contributed by atoms with E-state index in [-0.39, 0.29) is 11.8 Å². The Morgan fingerprint density at radius 1 is 0.949 bits per heavy atom. The predicted molar refractivity (Wildman–Crippen MR) is 152 cm³/mol. The number of carbonyl (C=O) groups excluding carboxylic acids is 1. The van der Waals surface area contributed by atoms with Crippen molar-refractivity contribution in [2.24, 2.45) is 0 Å². The van der Waals surface area contributed by atoms with Crippen LogP contribution >= 0.6 is 0 Å². The zero-order chi connectivity index (χ0) is 27.9. The van der Waals surface area contributed by atoms with Gasteiger partial charge in [-0.15, -0.1) is 0 Å². The molecule has 3 N–H and O–H groups in total. The zero-order valence-electron chi connectivity index (χ0n) is 23.0. The second kappa shape index (κ2) is 12.7. The van der Waals surface area contributed by atoms with Crippen molar-refractivity contribution in [2.75, 3.05) is 35.0 Å². The SMILES string of the molecule is COCCCc1cc(C(=O)N[C@H](O)C(C)c2c[nH]c3ccccc23)cc(-c2cc(OC)c(OC)c(OC)c2)c1. The summed E-state index contributed by atoms with van der Waals surface area (Å²) in [6.45, 7) is 2.50. The smallest absolute Gasteiger partial charge is 0.253 e. The van der Waals surface area contributed by atoms with Gasteiger partial charge in [-0.05, 0) is 65.4 Å². The molecule has 0 aliphatic rings. The number of aliphatic hydroxyl groups excluding tert-OH is 1. The molecule has 2 atom stereocenters. The first kappa shape index (κ1) is 28.0. The van der Waals surface area contributed by atoms with E-state index in [0.717, 1.165) is 46.0 Å². The number of H-pyrrole nitrogens is 1. The van der Waals surface area contributed by atoms with E-state index in [1.165, 1.54) is 0 Å². The normalized spacial score (nSPS) is 12.7. The van der Waals surface area contributed by atoms with Gasteiger partial charge in [-0.3, -0.25) is 4.79 Å². The molecule has 0 saturated carbocycles. The van der Waals surface area contributed by atoms with E-state index >= 15 is 0 Å². The maximum Gasteiger partial charge on any atom is 0.253 e. The van der Waals surface area contributed by atoms with Crippen molar-refractivity contribution in [2.45, 2.75) is 31.9 Å². The maximum absolute atomic E-state index is 13.4. The standard InChI is InChI=1S/C31H36N2O6/c1-19(25-18-32-26-11-7-6-10-24(25)26)30(34)33-31(35)23-14-20(9-8-12-36-2)13-21(15-23)22-16-27(37-3)29(39-5)28(17-22)38-4/h6-7,10-11,13-19,30,32,34H,8-9,12H2,1-5H3,(H,33,35)/t19?,30-/m1/s1. The average molecular weight is 533 g/mol. The number of aromatic nitrogens is 1. The molecule has 3 aromatic carbocycles. The summed E-state index contributed by atoms with van der Waals surface area (Å²) >= 11 is 0. The van der Waals surface area contributed by atoms with E-state index in [0.29, 0.717) is 29.4 Å². The molecule has 0 saturated heterocycles. The Balaban J connectivity index is 1.65. The van der Waals surface area contributed by atoms with E-state index in [1.54, 1.807) is 34.5 Å². The highest BCUT2D eigenvalue weighted by atomic mass is 16.5. The molecule has 0 radical (unpaired) electrons. The molecule has 1 aromatic heterocycles. The first-order chi connectivity index (χ1) is 18.9. The molecule has 4 aromatic rings. The number of nitrogens with one attached hydrogen (secondary N) is 2. The minimum atomic E-state index is -1.08. The van der Waals surface area contributed by atoms with Crippen LogP contribution in [0.25, 0.3) is 22.0 Å². The van der Waals surface area contributed by atoms with Gasteiger partial charge >= 0.3 is 0 Å². The van der Waals surface area contributed by atoms with Crippen LogP contribution in [0.5, 0.6) is 17.2 Å². The molecule has 8 nitrogen and oxygen atoms in total. The van der Waals surface area contributed by atoms with Crippen LogP contribution < -0.4 is 19.5 Å². The predicted octanol–water partition coefficient (Wildman–Crippen LogP) is 5.29. The highest BCUT2D eigenvalue weighted by Crippen LogP contribution is 2.41. The van der Waals surface area contributed by atoms with Crippen molar-refractivity contribution in [3.8, 4) is 28.4 Å². The summed E-state index contributed by atoms with van der Waals surface area (Å²) in [4.78, 5) is 16.7. The van der Waals surface area contributed by atoms with E-state index < -0.39 is 6.23 Å². The largest absolute Gasteiger partial charge is 0.493 e. The molecule has 0 aliphatic heterocycles. The summed E-state index contributed by atoms with van der Waals surface area (Å²) in [7, 11) is 6.36. The number of benzene rings is 3. The summed E-state index contributed by atoms with van der Waals surface area (Å²) in [5, 5.41) is 14.8. The first-order valence-electron chi connectivity index (χ1n) is 12.9. The lowest BCUT2D eigenvalue weighted by Crippen LogP contribution is -2.38. The van der Waals surface area contributed by atoms with Crippen molar-refractivity contribution in [1.29, 1.82) is 0 Å². The van der Waals surface area contributed by atoms with E-state index in [9.17, 15) is 9.90 Å². The number of ether oxygens (including phenoxy) is 4. The Kier molecular flexibility index (Phi) is 9.11. The van der Waals surface area contributed by atoms with Gasteiger partial charge in [0.15, 0.2) is 11.5 Å². The summed E-state index contributed by atoms with van der Waals surface area (Å²) in [5.41, 5.74) is 4.95. The van der Waals surface area contributed by atoms with Gasteiger partial charge in [0.25, 0.3) is 5.91 Å². The molecular weight excluding hydrogens is 496 g/mol. The molecule has 1 unspecified atom stereocenters. The van der Waals surface area contributed by atoms with Crippen molar-refractivity contribution in [1.82, 2.24) is 10.3 Å². The number of rotatable bonds is 12. The van der Waals surface area contributed by atoms with Crippen LogP contribution in [0.4, 0.5) is 0 Å². The van der Waals surface area contributed by atoms with E-state index in [1.807, 2.05) is 61.7 Å². The van der Waals surface area contributed by atoms with Gasteiger partial charge in [0.05, 0.1) is 21.3 Å². The number of aliphatic hydroxyl groups is 1. The molecule has 0 fully saturated rings. The summed E-state index contributed by atoms with van der Waals surface area (Å²) in [5.74, 6) is 0.838. The Bertz CT molecular complexity index is 1400. The van der Waals surface area contributed by atoms with Crippen LogP contribution in [-0.2, 0) is 11.2 Å². The van der Waals surface area contributed by atoms with Gasteiger partial charge in [-0.1, -0.05) is 31.2 Å². The van der Waals surface area contributed by atoms with Crippen LogP contribution in [-0.4, -0.2) is 57.3 Å². The van der Waals surface area contributed by atoms with Crippen molar-refractivity contribution in [3.05, 3.63) is 77.5 Å². The quantitative estimate of drug-likeness (QED) is 0.169. The van der Waals surface area contributed by atoms with Gasteiger partial charge in [0.1, 0.15) is 6.23 Å². The zero-order valence-corrected chi connectivity index (χ0v) is 23.0. The fourth-order valence-corrected chi connectivity index (χ4v) is 4.79. The number of fused-ring (bicyclic) bond motifs is 1. The number of aromatic amines is 1. The number of hydrogen-bond acceptors (Lipinski definition) is 6. The third-order valence-electron chi connectivity index (χ3n) is 6.93. The van der Waals surface area contributed by atoms with Crippen molar-refractivity contribution in [3.63, 3.8) is 0 Å². The van der Waals surface area contributed by atoms with Gasteiger partial charge in [0.2, 0.25) is 5.75 Å². The first-order valence-corrected chi connectivity index (χ1v) is 12.9. The monoisotopic (exact) mass is 532 g/mol. The van der Waals surface area contributed by atoms with Crippen molar-refractivity contribution < 1.29 is 28.8 Å². The van der Waals surface area contributed by atoms with Gasteiger partial charge in [0, 0.05) is 42.3 Å². The Morgan fingerprint density at radius 3 is 2.31 bits per heavy atom. The van der Waals surface area contributed by atoms with Crippen LogP contribution in [0.15, 0.2) is 60.8 Å². The fraction of sp³-hybridized carbons (Fsp3) is 0.323. The number of para-hydroxylation sites is 1. The van der Waals surface area contributed by atoms with Crippen LogP contribution in [0, 0.1) is 0 Å². The molecule has 1 heterocycles. The van der Waals surface area contributed by atoms with E-state index in [4.69, 9.17) is 18.9 Å². The second-order valence-corrected chi connectivity index (χ2v) is 9.43. The molecule has 206 valence electrons. The second-order valence-electron chi connectivity index (χ2n) is 9.43. The lowest BCUT2D eigenvalue weighted by Gasteiger charge is -2.21. The van der Waals surface area contributed by atoms with Gasteiger partial charge in [-0.2, -0.15) is 0 Å². The molecule has 0 spiro atoms. The minimum Gasteiger partial charge on any atom is -0.493 e. The number of carbonyl (C=O) groups is 1. The summed E-state index contributed by atoms with van der Waals surface area (Å²) in [6.07, 6.45) is 2.32. The molecule has 0 bridgehead atoms. The number of hydrogen-bond donors (Lipinski definition) is 3. The molecular formula is C31H36N2O6. The van der Waals surface area contributed by atoms with Gasteiger partial charge < -0.3 is 34.4 Å². The molecule has 4 rings (SSSR count).